The van der Waals surface area contributed by atoms with Crippen LogP contribution in [-0.2, 0) is 0 Å². The van der Waals surface area contributed by atoms with Crippen molar-refractivity contribution in [1.29, 1.82) is 0 Å². The lowest BCUT2D eigenvalue weighted by molar-refractivity contribution is 0.450. The van der Waals surface area contributed by atoms with Crippen LogP contribution in [0.2, 0.25) is 5.02 Å². The molecule has 3 rings (SSSR count). The smallest absolute Gasteiger partial charge is 0.147 e. The van der Waals surface area contributed by atoms with Crippen LogP contribution >= 0.6 is 11.6 Å². The summed E-state index contributed by atoms with van der Waals surface area (Å²) in [5.74, 6) is 0.0852. The summed E-state index contributed by atoms with van der Waals surface area (Å²) in [7, 11) is 0. The maximum atomic E-state index is 14.0. The molecule has 1 atom stereocenters. The van der Waals surface area contributed by atoms with Gasteiger partial charge in [0.25, 0.3) is 0 Å². The fourth-order valence-electron chi connectivity index (χ4n) is 2.58. The Kier molecular flexibility index (Phi) is 3.53. The molecule has 1 fully saturated rings. The monoisotopic (exact) mass is 279 g/mol. The summed E-state index contributed by atoms with van der Waals surface area (Å²) in [4.78, 5) is 4.17. The third-order valence-electron chi connectivity index (χ3n) is 3.55. The molecule has 1 saturated heterocycles. The van der Waals surface area contributed by atoms with E-state index in [4.69, 9.17) is 11.6 Å². The number of nitrogens with zero attached hydrogens (tertiary/aromatic N) is 2. The molecule has 0 bridgehead atoms. The van der Waals surface area contributed by atoms with Crippen molar-refractivity contribution >= 4 is 11.6 Å². The summed E-state index contributed by atoms with van der Waals surface area (Å²) >= 11 is 5.96. The first-order valence-electron chi connectivity index (χ1n) is 6.44. The van der Waals surface area contributed by atoms with Crippen LogP contribution in [0.5, 0.6) is 0 Å². The molecule has 1 aromatic heterocycles. The Labute approximate surface area is 116 Å². The topological polar surface area (TPSA) is 29.9 Å². The molecule has 19 heavy (non-hydrogen) atoms. The number of piperidine rings is 1. The molecule has 1 aliphatic heterocycles. The highest BCUT2D eigenvalue weighted by atomic mass is 35.5. The normalized spacial score (nSPS) is 19.6. The van der Waals surface area contributed by atoms with Crippen LogP contribution in [0.25, 0.3) is 5.69 Å². The molecule has 1 aliphatic rings. The van der Waals surface area contributed by atoms with Crippen LogP contribution < -0.4 is 5.32 Å². The molecular weight excluding hydrogens is 265 g/mol. The predicted octanol–water partition coefficient (Wildman–Crippen LogP) is 3.13. The SMILES string of the molecule is Fc1ccc(Cl)cc1-n1cncc1C1CCCNC1. The summed E-state index contributed by atoms with van der Waals surface area (Å²) < 4.78 is 15.8. The highest BCUT2D eigenvalue weighted by Gasteiger charge is 2.20. The maximum Gasteiger partial charge on any atom is 0.147 e. The van der Waals surface area contributed by atoms with E-state index >= 15 is 0 Å². The van der Waals surface area contributed by atoms with Gasteiger partial charge >= 0.3 is 0 Å². The van der Waals surface area contributed by atoms with Crippen LogP contribution in [0, 0.1) is 5.82 Å². The van der Waals surface area contributed by atoms with Crippen molar-refractivity contribution in [2.24, 2.45) is 0 Å². The fraction of sp³-hybridized carbons (Fsp3) is 0.357. The van der Waals surface area contributed by atoms with Crippen LogP contribution in [0.4, 0.5) is 4.39 Å². The van der Waals surface area contributed by atoms with Crippen LogP contribution in [0.3, 0.4) is 0 Å². The zero-order valence-corrected chi connectivity index (χ0v) is 11.2. The molecule has 2 heterocycles. The highest BCUT2D eigenvalue weighted by Crippen LogP contribution is 2.27. The lowest BCUT2D eigenvalue weighted by atomic mass is 9.96. The van der Waals surface area contributed by atoms with Gasteiger partial charge in [0.2, 0.25) is 0 Å². The van der Waals surface area contributed by atoms with Crippen LogP contribution in [0.1, 0.15) is 24.5 Å². The lowest BCUT2D eigenvalue weighted by Gasteiger charge is -2.24. The minimum absolute atomic E-state index is 0.285. The number of halogens is 2. The number of hydrogen-bond donors (Lipinski definition) is 1. The van der Waals surface area contributed by atoms with Gasteiger partial charge in [0.15, 0.2) is 0 Å². The van der Waals surface area contributed by atoms with E-state index in [1.165, 1.54) is 6.07 Å². The molecule has 0 spiro atoms. The van der Waals surface area contributed by atoms with E-state index < -0.39 is 0 Å². The molecule has 100 valence electrons. The summed E-state index contributed by atoms with van der Waals surface area (Å²) in [6.07, 6.45) is 5.70. The quantitative estimate of drug-likeness (QED) is 0.915. The summed E-state index contributed by atoms with van der Waals surface area (Å²) in [5, 5.41) is 3.89. The van der Waals surface area contributed by atoms with E-state index in [0.717, 1.165) is 31.6 Å². The molecule has 1 unspecified atom stereocenters. The fourth-order valence-corrected chi connectivity index (χ4v) is 2.75. The number of imidazole rings is 1. The van der Waals surface area contributed by atoms with Gasteiger partial charge in [-0.3, -0.25) is 4.57 Å². The maximum absolute atomic E-state index is 14.0. The Balaban J connectivity index is 2.01. The highest BCUT2D eigenvalue weighted by molar-refractivity contribution is 6.30. The van der Waals surface area contributed by atoms with Gasteiger partial charge in [-0.15, -0.1) is 0 Å². The Hall–Kier alpha value is -1.39. The zero-order valence-electron chi connectivity index (χ0n) is 10.4. The van der Waals surface area contributed by atoms with Crippen molar-refractivity contribution in [3.8, 4) is 5.69 Å². The van der Waals surface area contributed by atoms with Crippen molar-refractivity contribution in [3.63, 3.8) is 0 Å². The first kappa shape index (κ1) is 12.6. The molecular formula is C14H15ClFN3. The second kappa shape index (κ2) is 5.31. The molecule has 5 heteroatoms. The van der Waals surface area contributed by atoms with Gasteiger partial charge in [0, 0.05) is 29.4 Å². The second-order valence-electron chi connectivity index (χ2n) is 4.83. The number of benzene rings is 1. The van der Waals surface area contributed by atoms with E-state index in [1.54, 1.807) is 23.0 Å². The standard InChI is InChI=1S/C14H15ClFN3/c15-11-3-4-12(16)13(6-11)19-9-18-8-14(19)10-2-1-5-17-7-10/h3-4,6,8-10,17H,1-2,5,7H2. The Morgan fingerprint density at radius 1 is 1.42 bits per heavy atom. The van der Waals surface area contributed by atoms with Crippen molar-refractivity contribution < 1.29 is 4.39 Å². The zero-order chi connectivity index (χ0) is 13.2. The number of nitrogens with one attached hydrogen (secondary N) is 1. The van der Waals surface area contributed by atoms with E-state index in [1.807, 2.05) is 6.20 Å². The minimum Gasteiger partial charge on any atom is -0.316 e. The molecule has 0 saturated carbocycles. The van der Waals surface area contributed by atoms with Gasteiger partial charge in [-0.2, -0.15) is 0 Å². The average molecular weight is 280 g/mol. The molecule has 0 radical (unpaired) electrons. The third kappa shape index (κ3) is 2.51. The van der Waals surface area contributed by atoms with Crippen LogP contribution in [-0.4, -0.2) is 22.6 Å². The molecule has 2 aromatic rings. The van der Waals surface area contributed by atoms with Gasteiger partial charge in [-0.05, 0) is 37.6 Å². The first-order chi connectivity index (χ1) is 9.25. The van der Waals surface area contributed by atoms with E-state index in [9.17, 15) is 4.39 Å². The van der Waals surface area contributed by atoms with Gasteiger partial charge in [0.05, 0.1) is 12.0 Å². The second-order valence-corrected chi connectivity index (χ2v) is 5.26. The first-order valence-corrected chi connectivity index (χ1v) is 6.82. The van der Waals surface area contributed by atoms with Crippen molar-refractivity contribution in [1.82, 2.24) is 14.9 Å². The molecule has 0 amide bonds. The van der Waals surface area contributed by atoms with Gasteiger partial charge in [0.1, 0.15) is 5.82 Å². The molecule has 1 aromatic carbocycles. The van der Waals surface area contributed by atoms with Crippen molar-refractivity contribution in [3.05, 3.63) is 47.3 Å². The minimum atomic E-state index is -0.285. The molecule has 3 nitrogen and oxygen atoms in total. The lowest BCUT2D eigenvalue weighted by Crippen LogP contribution is -2.29. The number of rotatable bonds is 2. The molecule has 0 aliphatic carbocycles. The summed E-state index contributed by atoms with van der Waals surface area (Å²) in [5.41, 5.74) is 1.50. The Morgan fingerprint density at radius 3 is 3.11 bits per heavy atom. The van der Waals surface area contributed by atoms with Gasteiger partial charge in [-0.1, -0.05) is 11.6 Å². The van der Waals surface area contributed by atoms with Crippen LogP contribution in [0.15, 0.2) is 30.7 Å². The third-order valence-corrected chi connectivity index (χ3v) is 3.79. The van der Waals surface area contributed by atoms with Crippen molar-refractivity contribution in [2.75, 3.05) is 13.1 Å². The Bertz CT molecular complexity index is 576. The van der Waals surface area contributed by atoms with E-state index in [-0.39, 0.29) is 5.82 Å². The van der Waals surface area contributed by atoms with Crippen molar-refractivity contribution in [2.45, 2.75) is 18.8 Å². The summed E-state index contributed by atoms with van der Waals surface area (Å²) in [6.45, 7) is 1.96. The number of aromatic nitrogens is 2. The average Bonchev–Trinajstić information content (AvgIpc) is 2.91. The van der Waals surface area contributed by atoms with E-state index in [2.05, 4.69) is 10.3 Å². The summed E-state index contributed by atoms with van der Waals surface area (Å²) in [6, 6.07) is 4.58. The van der Waals surface area contributed by atoms with E-state index in [0.29, 0.717) is 16.6 Å². The number of hydrogen-bond acceptors (Lipinski definition) is 2. The Morgan fingerprint density at radius 2 is 2.32 bits per heavy atom. The molecule has 1 N–H and O–H groups in total. The van der Waals surface area contributed by atoms with Gasteiger partial charge < -0.3 is 5.32 Å². The largest absolute Gasteiger partial charge is 0.316 e. The van der Waals surface area contributed by atoms with Gasteiger partial charge in [-0.25, -0.2) is 9.37 Å². The predicted molar refractivity (Wildman–Crippen MR) is 73.4 cm³/mol.